The molecule has 1 fully saturated rings. The lowest BCUT2D eigenvalue weighted by atomic mass is 10.1. The second kappa shape index (κ2) is 5.74. The molecule has 1 aliphatic rings. The van der Waals surface area contributed by atoms with Crippen LogP contribution in [0.2, 0.25) is 0 Å². The Bertz CT molecular complexity index is 378. The maximum absolute atomic E-state index is 5.41. The number of nitrogens with one attached hydrogen (secondary N) is 1. The maximum atomic E-state index is 5.41. The number of nitrogens with zero attached hydrogens (tertiary/aromatic N) is 1. The highest BCUT2D eigenvalue weighted by Gasteiger charge is 2.18. The normalized spacial score (nSPS) is 19.4. The highest BCUT2D eigenvalue weighted by atomic mass is 79.9. The minimum absolute atomic E-state index is 0.740. The Morgan fingerprint density at radius 3 is 3.00 bits per heavy atom. The van der Waals surface area contributed by atoms with Gasteiger partial charge in [0.05, 0.1) is 12.8 Å². The standard InChI is InChI=1S/C13H19BrN2O/c1-16(9-10-5-6-15-8-10)12-7-11(14)3-4-13(12)17-2/h3-4,7,10,15H,5-6,8-9H2,1-2H3. The molecule has 0 aliphatic carbocycles. The van der Waals surface area contributed by atoms with Crippen LogP contribution >= 0.6 is 15.9 Å². The molecular weight excluding hydrogens is 280 g/mol. The SMILES string of the molecule is COc1ccc(Br)cc1N(C)CC1CCNC1. The molecule has 17 heavy (non-hydrogen) atoms. The second-order valence-electron chi connectivity index (χ2n) is 4.56. The van der Waals surface area contributed by atoms with E-state index in [1.807, 2.05) is 12.1 Å². The van der Waals surface area contributed by atoms with Crippen molar-refractivity contribution >= 4 is 21.6 Å². The van der Waals surface area contributed by atoms with Crippen molar-refractivity contribution in [2.24, 2.45) is 5.92 Å². The number of halogens is 1. The van der Waals surface area contributed by atoms with Crippen LogP contribution in [-0.2, 0) is 0 Å². The Kier molecular flexibility index (Phi) is 4.29. The molecule has 1 saturated heterocycles. The molecule has 0 radical (unpaired) electrons. The highest BCUT2D eigenvalue weighted by Crippen LogP contribution is 2.31. The van der Waals surface area contributed by atoms with Gasteiger partial charge in [-0.2, -0.15) is 0 Å². The smallest absolute Gasteiger partial charge is 0.142 e. The third kappa shape index (κ3) is 3.13. The fraction of sp³-hybridized carbons (Fsp3) is 0.538. The molecule has 0 saturated carbocycles. The molecule has 1 aliphatic heterocycles. The Morgan fingerprint density at radius 2 is 2.35 bits per heavy atom. The third-order valence-corrected chi connectivity index (χ3v) is 3.74. The maximum Gasteiger partial charge on any atom is 0.142 e. The molecule has 1 atom stereocenters. The van der Waals surface area contributed by atoms with Gasteiger partial charge in [0, 0.05) is 18.1 Å². The van der Waals surface area contributed by atoms with Crippen molar-refractivity contribution in [1.82, 2.24) is 5.32 Å². The van der Waals surface area contributed by atoms with Gasteiger partial charge in [0.15, 0.2) is 0 Å². The van der Waals surface area contributed by atoms with Crippen molar-refractivity contribution in [3.63, 3.8) is 0 Å². The first kappa shape index (κ1) is 12.7. The lowest BCUT2D eigenvalue weighted by molar-refractivity contribution is 0.414. The Labute approximate surface area is 111 Å². The summed E-state index contributed by atoms with van der Waals surface area (Å²) in [4.78, 5) is 2.28. The van der Waals surface area contributed by atoms with Gasteiger partial charge in [0.1, 0.15) is 5.75 Å². The van der Waals surface area contributed by atoms with Crippen LogP contribution in [0.25, 0.3) is 0 Å². The molecule has 1 unspecified atom stereocenters. The predicted octanol–water partition coefficient (Wildman–Crippen LogP) is 2.50. The summed E-state index contributed by atoms with van der Waals surface area (Å²) < 4.78 is 6.50. The molecule has 4 heteroatoms. The van der Waals surface area contributed by atoms with E-state index in [1.54, 1.807) is 7.11 Å². The predicted molar refractivity (Wildman–Crippen MR) is 74.9 cm³/mol. The van der Waals surface area contributed by atoms with Crippen molar-refractivity contribution in [2.45, 2.75) is 6.42 Å². The summed E-state index contributed by atoms with van der Waals surface area (Å²) in [6.45, 7) is 3.34. The number of rotatable bonds is 4. The van der Waals surface area contributed by atoms with E-state index in [1.165, 1.54) is 6.42 Å². The van der Waals surface area contributed by atoms with E-state index in [9.17, 15) is 0 Å². The fourth-order valence-corrected chi connectivity index (χ4v) is 2.67. The molecular formula is C13H19BrN2O. The quantitative estimate of drug-likeness (QED) is 0.924. The summed E-state index contributed by atoms with van der Waals surface area (Å²) in [6, 6.07) is 6.12. The van der Waals surface area contributed by atoms with Gasteiger partial charge in [-0.3, -0.25) is 0 Å². The molecule has 1 aromatic carbocycles. The molecule has 0 spiro atoms. The van der Waals surface area contributed by atoms with Crippen molar-refractivity contribution in [3.05, 3.63) is 22.7 Å². The van der Waals surface area contributed by atoms with E-state index in [0.29, 0.717) is 0 Å². The summed E-state index contributed by atoms with van der Waals surface area (Å²) in [7, 11) is 3.85. The van der Waals surface area contributed by atoms with Crippen LogP contribution in [-0.4, -0.2) is 33.8 Å². The van der Waals surface area contributed by atoms with E-state index >= 15 is 0 Å². The van der Waals surface area contributed by atoms with Crippen LogP contribution in [0.3, 0.4) is 0 Å². The fourth-order valence-electron chi connectivity index (χ4n) is 2.32. The van der Waals surface area contributed by atoms with Gasteiger partial charge in [-0.1, -0.05) is 15.9 Å². The van der Waals surface area contributed by atoms with Crippen LogP contribution in [0.15, 0.2) is 22.7 Å². The zero-order chi connectivity index (χ0) is 12.3. The molecule has 0 bridgehead atoms. The molecule has 0 amide bonds. The average molecular weight is 299 g/mol. The highest BCUT2D eigenvalue weighted by molar-refractivity contribution is 9.10. The number of hydrogen-bond acceptors (Lipinski definition) is 3. The summed E-state index contributed by atoms with van der Waals surface area (Å²) >= 11 is 3.51. The minimum Gasteiger partial charge on any atom is -0.495 e. The van der Waals surface area contributed by atoms with Crippen LogP contribution in [0.1, 0.15) is 6.42 Å². The van der Waals surface area contributed by atoms with Crippen molar-refractivity contribution in [3.8, 4) is 5.75 Å². The van der Waals surface area contributed by atoms with E-state index in [-0.39, 0.29) is 0 Å². The zero-order valence-corrected chi connectivity index (χ0v) is 12.0. The zero-order valence-electron chi connectivity index (χ0n) is 10.4. The first-order valence-corrected chi connectivity index (χ1v) is 6.75. The minimum atomic E-state index is 0.740. The Hall–Kier alpha value is -0.740. The van der Waals surface area contributed by atoms with Crippen LogP contribution in [0.5, 0.6) is 5.75 Å². The molecule has 1 N–H and O–H groups in total. The molecule has 94 valence electrons. The van der Waals surface area contributed by atoms with Gasteiger partial charge in [-0.15, -0.1) is 0 Å². The number of ether oxygens (including phenoxy) is 1. The Morgan fingerprint density at radius 1 is 1.53 bits per heavy atom. The van der Waals surface area contributed by atoms with Crippen molar-refractivity contribution < 1.29 is 4.74 Å². The molecule has 2 rings (SSSR count). The van der Waals surface area contributed by atoms with E-state index in [0.717, 1.165) is 41.5 Å². The van der Waals surface area contributed by atoms with Crippen LogP contribution < -0.4 is 15.0 Å². The van der Waals surface area contributed by atoms with Crippen molar-refractivity contribution in [2.75, 3.05) is 38.7 Å². The number of hydrogen-bond donors (Lipinski definition) is 1. The topological polar surface area (TPSA) is 24.5 Å². The largest absolute Gasteiger partial charge is 0.495 e. The first-order valence-electron chi connectivity index (χ1n) is 5.96. The third-order valence-electron chi connectivity index (χ3n) is 3.25. The lowest BCUT2D eigenvalue weighted by Gasteiger charge is -2.24. The lowest BCUT2D eigenvalue weighted by Crippen LogP contribution is -2.27. The van der Waals surface area contributed by atoms with E-state index in [2.05, 4.69) is 39.3 Å². The first-order chi connectivity index (χ1) is 8.20. The number of anilines is 1. The average Bonchev–Trinajstić information content (AvgIpc) is 2.81. The molecule has 3 nitrogen and oxygen atoms in total. The van der Waals surface area contributed by atoms with E-state index in [4.69, 9.17) is 4.74 Å². The van der Waals surface area contributed by atoms with Gasteiger partial charge in [-0.05, 0) is 43.6 Å². The number of methoxy groups -OCH3 is 1. The van der Waals surface area contributed by atoms with E-state index < -0.39 is 0 Å². The van der Waals surface area contributed by atoms with Gasteiger partial charge >= 0.3 is 0 Å². The Balaban J connectivity index is 2.11. The summed E-state index contributed by atoms with van der Waals surface area (Å²) in [5.74, 6) is 1.67. The summed E-state index contributed by atoms with van der Waals surface area (Å²) in [6.07, 6.45) is 1.26. The van der Waals surface area contributed by atoms with Gasteiger partial charge in [0.25, 0.3) is 0 Å². The summed E-state index contributed by atoms with van der Waals surface area (Å²) in [5, 5.41) is 3.40. The van der Waals surface area contributed by atoms with Crippen molar-refractivity contribution in [1.29, 1.82) is 0 Å². The monoisotopic (exact) mass is 298 g/mol. The molecule has 1 aromatic rings. The molecule has 0 aromatic heterocycles. The van der Waals surface area contributed by atoms with Gasteiger partial charge in [0.2, 0.25) is 0 Å². The molecule has 1 heterocycles. The van der Waals surface area contributed by atoms with Gasteiger partial charge in [-0.25, -0.2) is 0 Å². The second-order valence-corrected chi connectivity index (χ2v) is 5.47. The van der Waals surface area contributed by atoms with Crippen LogP contribution in [0, 0.1) is 5.92 Å². The number of benzene rings is 1. The van der Waals surface area contributed by atoms with Gasteiger partial charge < -0.3 is 15.0 Å². The van der Waals surface area contributed by atoms with Crippen LogP contribution in [0.4, 0.5) is 5.69 Å². The summed E-state index contributed by atoms with van der Waals surface area (Å²) in [5.41, 5.74) is 1.15.